The number of fused-ring (bicyclic) bond motifs is 1. The molecule has 1 heterocycles. The smallest absolute Gasteiger partial charge is 0.410 e. The summed E-state index contributed by atoms with van der Waals surface area (Å²) in [5.41, 5.74) is 1.41. The molecule has 0 radical (unpaired) electrons. The van der Waals surface area contributed by atoms with Gasteiger partial charge >= 0.3 is 5.69 Å². The number of hydrogen-bond donors (Lipinski definition) is 0. The van der Waals surface area contributed by atoms with Gasteiger partial charge in [0.15, 0.2) is 0 Å². The van der Waals surface area contributed by atoms with Crippen molar-refractivity contribution in [2.45, 2.75) is 6.54 Å². The number of benzene rings is 2. The van der Waals surface area contributed by atoms with Crippen molar-refractivity contribution in [2.75, 3.05) is 0 Å². The molecule has 3 rings (SSSR count). The molecule has 3 aromatic rings. The zero-order chi connectivity index (χ0) is 13.2. The van der Waals surface area contributed by atoms with Crippen LogP contribution in [0.1, 0.15) is 5.56 Å². The predicted molar refractivity (Wildman–Crippen MR) is 70.5 cm³/mol. The van der Waals surface area contributed by atoms with Crippen molar-refractivity contribution in [3.05, 3.63) is 75.9 Å². The van der Waals surface area contributed by atoms with Gasteiger partial charge in [0.25, 0.3) is 5.52 Å². The molecule has 5 heteroatoms. The molecule has 0 bridgehead atoms. The molecular weight excluding hydrogens is 242 g/mol. The second-order valence-corrected chi connectivity index (χ2v) is 4.22. The van der Waals surface area contributed by atoms with Crippen molar-refractivity contribution in [1.82, 2.24) is 9.67 Å². The zero-order valence-electron chi connectivity index (χ0n) is 10.1. The lowest BCUT2D eigenvalue weighted by atomic mass is 10.2. The van der Waals surface area contributed by atoms with E-state index in [2.05, 4.69) is 5.10 Å². The summed E-state index contributed by atoms with van der Waals surface area (Å²) in [6.45, 7) is 0.397. The van der Waals surface area contributed by atoms with Crippen molar-refractivity contribution < 1.29 is 4.85 Å². The molecule has 0 aliphatic heterocycles. The molecule has 0 unspecified atom stereocenters. The van der Waals surface area contributed by atoms with Crippen LogP contribution in [0.3, 0.4) is 0 Å². The third-order valence-corrected chi connectivity index (χ3v) is 2.97. The molecule has 0 atom stereocenters. The number of rotatable bonds is 2. The normalized spacial score (nSPS) is 10.7. The fourth-order valence-electron chi connectivity index (χ4n) is 2.06. The van der Waals surface area contributed by atoms with E-state index >= 15 is 0 Å². The molecule has 0 saturated heterocycles. The molecule has 0 fully saturated rings. The summed E-state index contributed by atoms with van der Waals surface area (Å²) in [6, 6.07) is 16.5. The Balaban J connectivity index is 2.21. The van der Waals surface area contributed by atoms with Crippen LogP contribution in [0.25, 0.3) is 11.0 Å². The lowest BCUT2D eigenvalue weighted by molar-refractivity contribution is -0.645. The van der Waals surface area contributed by atoms with Gasteiger partial charge in [0.05, 0.1) is 11.6 Å². The maximum absolute atomic E-state index is 11.9. The topological polar surface area (TPSA) is 61.8 Å². The minimum atomic E-state index is -0.544. The summed E-state index contributed by atoms with van der Waals surface area (Å²) < 4.78 is 1.50. The highest BCUT2D eigenvalue weighted by atomic mass is 16.5. The van der Waals surface area contributed by atoms with Gasteiger partial charge in [-0.1, -0.05) is 42.5 Å². The standard InChI is InChI=1S/C14H11N3O2/c18-14-15-17(19)13-9-5-4-8-12(13)16(14)10-11-6-2-1-3-7-11/h1-9H,10H2. The molecule has 5 nitrogen and oxygen atoms in total. The first-order valence-corrected chi connectivity index (χ1v) is 5.89. The van der Waals surface area contributed by atoms with Gasteiger partial charge in [0, 0.05) is 6.07 Å². The maximum atomic E-state index is 11.9. The molecule has 94 valence electrons. The van der Waals surface area contributed by atoms with Crippen molar-refractivity contribution in [3.63, 3.8) is 0 Å². The van der Waals surface area contributed by atoms with Crippen molar-refractivity contribution in [2.24, 2.45) is 0 Å². The van der Waals surface area contributed by atoms with Crippen LogP contribution in [0.5, 0.6) is 0 Å². The highest BCUT2D eigenvalue weighted by Gasteiger charge is 2.12. The predicted octanol–water partition coefficient (Wildman–Crippen LogP) is 1.08. The fraction of sp³-hybridized carbons (Fsp3) is 0.0714. The Bertz CT molecular complexity index is 782. The molecule has 0 spiro atoms. The average molecular weight is 253 g/mol. The molecule has 0 saturated carbocycles. The minimum absolute atomic E-state index is 0.374. The van der Waals surface area contributed by atoms with E-state index in [1.807, 2.05) is 30.3 Å². The van der Waals surface area contributed by atoms with E-state index < -0.39 is 5.69 Å². The summed E-state index contributed by atoms with van der Waals surface area (Å²) in [5.74, 6) is 0. The summed E-state index contributed by atoms with van der Waals surface area (Å²) >= 11 is 0. The average Bonchev–Trinajstić information content (AvgIpc) is 2.45. The highest BCUT2D eigenvalue weighted by Crippen LogP contribution is 2.09. The fourth-order valence-corrected chi connectivity index (χ4v) is 2.06. The lowest BCUT2D eigenvalue weighted by Gasteiger charge is -2.08. The number of hydrogen-bond acceptors (Lipinski definition) is 3. The van der Waals surface area contributed by atoms with E-state index in [4.69, 9.17) is 0 Å². The maximum Gasteiger partial charge on any atom is 0.410 e. The van der Waals surface area contributed by atoms with Crippen LogP contribution in [-0.4, -0.2) is 9.67 Å². The van der Waals surface area contributed by atoms with E-state index in [0.717, 1.165) is 5.56 Å². The first-order chi connectivity index (χ1) is 9.25. The van der Waals surface area contributed by atoms with E-state index in [1.165, 1.54) is 4.57 Å². The van der Waals surface area contributed by atoms with Crippen LogP contribution in [0.15, 0.2) is 59.4 Å². The van der Waals surface area contributed by atoms with E-state index in [9.17, 15) is 10.0 Å². The van der Waals surface area contributed by atoms with Crippen molar-refractivity contribution >= 4 is 11.0 Å². The zero-order valence-corrected chi connectivity index (χ0v) is 10.1. The first kappa shape index (κ1) is 11.4. The minimum Gasteiger partial charge on any atom is -0.594 e. The van der Waals surface area contributed by atoms with Crippen LogP contribution in [0, 0.1) is 5.21 Å². The van der Waals surface area contributed by atoms with E-state index in [1.54, 1.807) is 24.3 Å². The first-order valence-electron chi connectivity index (χ1n) is 5.89. The molecule has 0 aliphatic carbocycles. The van der Waals surface area contributed by atoms with Gasteiger partial charge < -0.3 is 5.21 Å². The second-order valence-electron chi connectivity index (χ2n) is 4.22. The van der Waals surface area contributed by atoms with Crippen LogP contribution in [0.4, 0.5) is 0 Å². The van der Waals surface area contributed by atoms with Crippen LogP contribution in [0.2, 0.25) is 0 Å². The van der Waals surface area contributed by atoms with E-state index in [0.29, 0.717) is 22.4 Å². The van der Waals surface area contributed by atoms with Gasteiger partial charge in [-0.3, -0.25) is 4.57 Å². The molecule has 19 heavy (non-hydrogen) atoms. The molecule has 0 amide bonds. The SMILES string of the molecule is O=c1n[n+]([O-])c2ccccc2n1Cc1ccccc1. The highest BCUT2D eigenvalue weighted by molar-refractivity contribution is 5.70. The summed E-state index contributed by atoms with van der Waals surface area (Å²) in [7, 11) is 0. The lowest BCUT2D eigenvalue weighted by Crippen LogP contribution is -2.42. The quantitative estimate of drug-likeness (QED) is 0.507. The Kier molecular flexibility index (Phi) is 2.72. The van der Waals surface area contributed by atoms with Gasteiger partial charge in [-0.05, 0) is 16.5 Å². The summed E-state index contributed by atoms with van der Waals surface area (Å²) in [5, 5.41) is 15.1. The monoisotopic (exact) mass is 253 g/mol. The van der Waals surface area contributed by atoms with Crippen LogP contribution >= 0.6 is 0 Å². The van der Waals surface area contributed by atoms with Gasteiger partial charge in [-0.15, -0.1) is 0 Å². The third kappa shape index (κ3) is 2.06. The molecule has 1 aromatic heterocycles. The third-order valence-electron chi connectivity index (χ3n) is 2.97. The molecule has 0 aliphatic rings. The number of para-hydroxylation sites is 2. The summed E-state index contributed by atoms with van der Waals surface area (Å²) in [6.07, 6.45) is 0. The Hall–Kier alpha value is -2.69. The second kappa shape index (κ2) is 4.53. The van der Waals surface area contributed by atoms with Gasteiger partial charge in [0.1, 0.15) is 5.52 Å². The molecule has 0 N–H and O–H groups in total. The van der Waals surface area contributed by atoms with Gasteiger partial charge in [-0.25, -0.2) is 4.79 Å². The largest absolute Gasteiger partial charge is 0.594 e. The van der Waals surface area contributed by atoms with Crippen molar-refractivity contribution in [1.29, 1.82) is 0 Å². The van der Waals surface area contributed by atoms with Gasteiger partial charge in [0.2, 0.25) is 0 Å². The van der Waals surface area contributed by atoms with Gasteiger partial charge in [-0.2, -0.15) is 0 Å². The Morgan fingerprint density at radius 1 is 1.05 bits per heavy atom. The Morgan fingerprint density at radius 2 is 1.74 bits per heavy atom. The summed E-state index contributed by atoms with van der Waals surface area (Å²) in [4.78, 5) is 12.3. The molecule has 2 aromatic carbocycles. The number of aromatic nitrogens is 3. The van der Waals surface area contributed by atoms with E-state index in [-0.39, 0.29) is 0 Å². The Labute approximate surface area is 108 Å². The Morgan fingerprint density at radius 3 is 2.53 bits per heavy atom. The van der Waals surface area contributed by atoms with Crippen LogP contribution in [-0.2, 0) is 6.54 Å². The molecular formula is C14H11N3O2. The number of nitrogens with zero attached hydrogens (tertiary/aromatic N) is 3. The van der Waals surface area contributed by atoms with Crippen molar-refractivity contribution in [3.8, 4) is 0 Å². The van der Waals surface area contributed by atoms with Crippen LogP contribution < -0.4 is 10.5 Å².